The molecule has 5 heterocycles. The van der Waals surface area contributed by atoms with E-state index in [9.17, 15) is 24.0 Å². The van der Waals surface area contributed by atoms with Gasteiger partial charge in [-0.3, -0.25) is 34.2 Å². The van der Waals surface area contributed by atoms with Gasteiger partial charge in [0.1, 0.15) is 6.04 Å². The van der Waals surface area contributed by atoms with Crippen LogP contribution >= 0.6 is 0 Å². The van der Waals surface area contributed by atoms with Crippen molar-refractivity contribution < 1.29 is 24.0 Å². The van der Waals surface area contributed by atoms with Gasteiger partial charge in [-0.25, -0.2) is 0 Å². The van der Waals surface area contributed by atoms with Crippen molar-refractivity contribution >= 4 is 41.3 Å². The predicted molar refractivity (Wildman–Crippen MR) is 228 cm³/mol. The molecule has 3 aromatic rings. The van der Waals surface area contributed by atoms with Crippen LogP contribution in [0.2, 0.25) is 0 Å². The lowest BCUT2D eigenvalue weighted by Crippen LogP contribution is -2.52. The fraction of sp³-hybridized carbons (Fsp3) is 0.468. The van der Waals surface area contributed by atoms with Gasteiger partial charge in [0.2, 0.25) is 17.7 Å². The van der Waals surface area contributed by atoms with Crippen LogP contribution in [0.5, 0.6) is 0 Å². The number of carbonyl (C=O) groups is 5. The number of benzene rings is 2. The normalized spacial score (nSPS) is 18.8. The summed E-state index contributed by atoms with van der Waals surface area (Å²) < 4.78 is 0. The van der Waals surface area contributed by atoms with Crippen LogP contribution in [-0.4, -0.2) is 108 Å². The molecule has 5 amide bonds. The molecule has 12 nitrogen and oxygen atoms in total. The zero-order valence-corrected chi connectivity index (χ0v) is 34.1. The van der Waals surface area contributed by atoms with Gasteiger partial charge in [0.25, 0.3) is 11.8 Å². The van der Waals surface area contributed by atoms with Crippen molar-refractivity contribution in [3.8, 4) is 11.8 Å². The molecule has 59 heavy (non-hydrogen) atoms. The Labute approximate surface area is 347 Å². The fourth-order valence-corrected chi connectivity index (χ4v) is 8.68. The molecule has 7 rings (SSSR count). The topological polar surface area (TPSA) is 138 Å². The van der Waals surface area contributed by atoms with E-state index in [-0.39, 0.29) is 30.0 Å². The summed E-state index contributed by atoms with van der Waals surface area (Å²) in [5, 5.41) is 5.32. The molecule has 3 saturated heterocycles. The number of anilines is 1. The quantitative estimate of drug-likeness (QED) is 0.0815. The highest BCUT2D eigenvalue weighted by Crippen LogP contribution is 2.30. The molecule has 0 radical (unpaired) electrons. The van der Waals surface area contributed by atoms with Crippen molar-refractivity contribution in [3.05, 3.63) is 94.8 Å². The molecule has 4 aliphatic heterocycles. The zero-order chi connectivity index (χ0) is 41.0. The lowest BCUT2D eigenvalue weighted by molar-refractivity contribution is -0.137. The second-order valence-corrected chi connectivity index (χ2v) is 16.2. The average Bonchev–Trinajstić information content (AvgIpc) is 3.91. The Morgan fingerprint density at radius 1 is 0.864 bits per heavy atom. The first-order chi connectivity index (χ1) is 28.8. The highest BCUT2D eigenvalue weighted by atomic mass is 16.2. The van der Waals surface area contributed by atoms with E-state index in [2.05, 4.69) is 49.4 Å². The Morgan fingerprint density at radius 2 is 1.68 bits per heavy atom. The molecule has 3 fully saturated rings. The van der Waals surface area contributed by atoms with Crippen LogP contribution in [0.15, 0.2) is 67.0 Å². The van der Waals surface area contributed by atoms with Crippen LogP contribution in [0.4, 0.5) is 5.69 Å². The molecule has 0 aliphatic carbocycles. The summed E-state index contributed by atoms with van der Waals surface area (Å²) >= 11 is 0. The molecule has 1 aromatic heterocycles. The lowest BCUT2D eigenvalue weighted by Gasteiger charge is -2.36. The van der Waals surface area contributed by atoms with Crippen molar-refractivity contribution in [1.82, 2.24) is 30.3 Å². The molecule has 0 bridgehead atoms. The van der Waals surface area contributed by atoms with Crippen molar-refractivity contribution in [2.24, 2.45) is 5.92 Å². The molecule has 2 aromatic carbocycles. The Morgan fingerprint density at radius 3 is 2.44 bits per heavy atom. The van der Waals surface area contributed by atoms with E-state index in [1.165, 1.54) is 5.69 Å². The summed E-state index contributed by atoms with van der Waals surface area (Å²) in [6.45, 7) is 7.66. The zero-order valence-electron chi connectivity index (χ0n) is 34.1. The van der Waals surface area contributed by atoms with E-state index >= 15 is 0 Å². The third-order valence-electron chi connectivity index (χ3n) is 12.2. The van der Waals surface area contributed by atoms with Gasteiger partial charge < -0.3 is 25.0 Å². The first-order valence-electron chi connectivity index (χ1n) is 21.5. The monoisotopic (exact) mass is 799 g/mol. The Hall–Kier alpha value is -5.67. The summed E-state index contributed by atoms with van der Waals surface area (Å²) in [5.41, 5.74) is 5.21. The number of rotatable bonds is 15. The van der Waals surface area contributed by atoms with Crippen LogP contribution < -0.4 is 15.5 Å². The second kappa shape index (κ2) is 20.3. The van der Waals surface area contributed by atoms with E-state index in [1.807, 2.05) is 47.6 Å². The van der Waals surface area contributed by atoms with Gasteiger partial charge in [-0.15, -0.1) is 0 Å². The van der Waals surface area contributed by atoms with Crippen LogP contribution in [-0.2, 0) is 20.9 Å². The number of hydrogen-bond acceptors (Lipinski definition) is 7. The van der Waals surface area contributed by atoms with Crippen LogP contribution in [0.3, 0.4) is 0 Å². The maximum atomic E-state index is 13.3. The van der Waals surface area contributed by atoms with E-state index in [0.29, 0.717) is 31.0 Å². The molecule has 12 heteroatoms. The molecule has 0 spiro atoms. The van der Waals surface area contributed by atoms with Crippen molar-refractivity contribution in [3.63, 3.8) is 0 Å². The maximum Gasteiger partial charge on any atom is 0.255 e. The van der Waals surface area contributed by atoms with Gasteiger partial charge in [-0.1, -0.05) is 37.2 Å². The standard InChI is InChI=1S/C47H57N7O5/c55-43(19-13-36-21-25-48-33-36)49-24-6-5-9-35-22-27-53(28-23-35)46(58)38-14-16-39(17-15-38)52-31-29-51(30-32-52)26-7-3-1-2-4-10-37-11-8-12-40-41(37)34-54(47(40)59)42-18-20-44(56)50-45(42)57/h8,11-17,19,21,25,33,35,42,48H,1-3,5-7,9,18,20,22-24,26-32,34H2,(H,49,55)(H,50,56,57)/b19-13+. The number of piperazine rings is 1. The second-order valence-electron chi connectivity index (χ2n) is 16.2. The number of nitrogens with one attached hydrogen (secondary N) is 3. The number of carbonyl (C=O) groups excluding carboxylic acids is 5. The maximum absolute atomic E-state index is 13.3. The lowest BCUT2D eigenvalue weighted by atomic mass is 9.91. The fourth-order valence-electron chi connectivity index (χ4n) is 8.68. The first kappa shape index (κ1) is 41.5. The number of hydrogen-bond donors (Lipinski definition) is 3. The first-order valence-corrected chi connectivity index (χ1v) is 21.5. The number of unbranched alkanes of at least 4 members (excludes halogenated alkanes) is 4. The van der Waals surface area contributed by atoms with Crippen molar-refractivity contribution in [2.75, 3.05) is 57.3 Å². The third kappa shape index (κ3) is 11.1. The van der Waals surface area contributed by atoms with Gasteiger partial charge >= 0.3 is 0 Å². The minimum atomic E-state index is -0.624. The number of amides is 5. The Kier molecular flexibility index (Phi) is 14.3. The molecule has 1 atom stereocenters. The molecule has 1 unspecified atom stereocenters. The van der Waals surface area contributed by atoms with Gasteiger partial charge in [0.15, 0.2) is 0 Å². The van der Waals surface area contributed by atoms with Crippen LogP contribution in [0, 0.1) is 17.8 Å². The molecular formula is C47H57N7O5. The number of fused-ring (bicyclic) bond motifs is 1. The largest absolute Gasteiger partial charge is 0.369 e. The van der Waals surface area contributed by atoms with E-state index in [1.54, 1.807) is 23.1 Å². The molecule has 3 N–H and O–H groups in total. The molecule has 310 valence electrons. The van der Waals surface area contributed by atoms with Crippen molar-refractivity contribution in [1.29, 1.82) is 0 Å². The number of H-pyrrole nitrogens is 1. The molecular weight excluding hydrogens is 743 g/mol. The summed E-state index contributed by atoms with van der Waals surface area (Å²) in [7, 11) is 0. The minimum absolute atomic E-state index is 0.0629. The predicted octanol–water partition coefficient (Wildman–Crippen LogP) is 5.36. The summed E-state index contributed by atoms with van der Waals surface area (Å²) in [4.78, 5) is 73.9. The smallest absolute Gasteiger partial charge is 0.255 e. The molecule has 0 saturated carbocycles. The van der Waals surface area contributed by atoms with E-state index in [0.717, 1.165) is 126 Å². The summed E-state index contributed by atoms with van der Waals surface area (Å²) in [5.74, 6) is 6.42. The SMILES string of the molecule is O=C(/C=C/c1cc[nH]c1)NCCCCC1CCN(C(=O)c2ccc(N3CCN(CCCCCC#Cc4cccc5c4CN(C4CCC(=O)NC4=O)C5=O)CC3)cc2)CC1. The van der Waals surface area contributed by atoms with Gasteiger partial charge in [0.05, 0.1) is 0 Å². The Balaban J connectivity index is 0.742. The molecule has 4 aliphatic rings. The highest BCUT2D eigenvalue weighted by Gasteiger charge is 2.39. The van der Waals surface area contributed by atoms with Crippen molar-refractivity contribution in [2.45, 2.75) is 83.2 Å². The number of piperidine rings is 2. The number of likely N-dealkylation sites (tertiary alicyclic amines) is 1. The third-order valence-corrected chi connectivity index (χ3v) is 12.2. The van der Waals surface area contributed by atoms with E-state index < -0.39 is 11.9 Å². The summed E-state index contributed by atoms with van der Waals surface area (Å²) in [6, 6.07) is 15.0. The number of nitrogens with zero attached hydrogens (tertiary/aromatic N) is 4. The van der Waals surface area contributed by atoms with Gasteiger partial charge in [0, 0.05) is 106 Å². The summed E-state index contributed by atoms with van der Waals surface area (Å²) in [6.07, 6.45) is 16.9. The highest BCUT2D eigenvalue weighted by molar-refractivity contribution is 6.05. The van der Waals surface area contributed by atoms with E-state index in [4.69, 9.17) is 0 Å². The van der Waals surface area contributed by atoms with Crippen LogP contribution in [0.1, 0.15) is 108 Å². The Bertz CT molecular complexity index is 2030. The van der Waals surface area contributed by atoms with Gasteiger partial charge in [-0.2, -0.15) is 0 Å². The average molecular weight is 800 g/mol. The van der Waals surface area contributed by atoms with Crippen LogP contribution in [0.25, 0.3) is 6.08 Å². The minimum Gasteiger partial charge on any atom is -0.369 e. The number of aromatic nitrogens is 1. The number of imide groups is 1. The number of aromatic amines is 1. The van der Waals surface area contributed by atoms with Gasteiger partial charge in [-0.05, 0) is 111 Å².